The molecular weight excluding hydrogens is 228 g/mol. The van der Waals surface area contributed by atoms with Crippen LogP contribution in [0.3, 0.4) is 0 Å². The van der Waals surface area contributed by atoms with E-state index in [-0.39, 0.29) is 17.9 Å². The van der Waals surface area contributed by atoms with Crippen molar-refractivity contribution in [3.8, 4) is 0 Å². The van der Waals surface area contributed by atoms with E-state index < -0.39 is 17.6 Å². The molecule has 88 valence electrons. The number of esters is 1. The highest BCUT2D eigenvalue weighted by Crippen LogP contribution is 2.13. The van der Waals surface area contributed by atoms with Crippen LogP contribution in [0.25, 0.3) is 0 Å². The van der Waals surface area contributed by atoms with Gasteiger partial charge >= 0.3 is 5.97 Å². The summed E-state index contributed by atoms with van der Waals surface area (Å²) in [6.07, 6.45) is 1.57. The second kappa shape index (κ2) is 4.78. The highest BCUT2D eigenvalue weighted by atomic mass is 19.2. The molecule has 1 aromatic heterocycles. The maximum absolute atomic E-state index is 13.2. The van der Waals surface area contributed by atoms with Gasteiger partial charge in [-0.3, -0.25) is 0 Å². The monoisotopic (exact) mass is 237 g/mol. The quantitative estimate of drug-likeness (QED) is 0.834. The van der Waals surface area contributed by atoms with Gasteiger partial charge in [-0.2, -0.15) is 0 Å². The van der Waals surface area contributed by atoms with Crippen molar-refractivity contribution in [3.63, 3.8) is 0 Å². The molecule has 17 heavy (non-hydrogen) atoms. The van der Waals surface area contributed by atoms with Crippen molar-refractivity contribution in [2.45, 2.75) is 6.61 Å². The Hall–Kier alpha value is -2.17. The van der Waals surface area contributed by atoms with Crippen LogP contribution in [-0.4, -0.2) is 11.0 Å². The van der Waals surface area contributed by atoms with Crippen LogP contribution in [0.5, 0.6) is 0 Å². The Balaban J connectivity index is 2.03. The van der Waals surface area contributed by atoms with Crippen LogP contribution in [0.4, 0.5) is 8.78 Å². The fraction of sp³-hybridized carbons (Fsp3) is 0.0833. The maximum atomic E-state index is 13.2. The highest BCUT2D eigenvalue weighted by Gasteiger charge is 2.11. The summed E-state index contributed by atoms with van der Waals surface area (Å²) in [7, 11) is 0. The lowest BCUT2D eigenvalue weighted by Crippen LogP contribution is -2.07. The van der Waals surface area contributed by atoms with E-state index in [4.69, 9.17) is 4.74 Å². The first kappa shape index (κ1) is 11.3. The summed E-state index contributed by atoms with van der Waals surface area (Å²) in [5.41, 5.74) is 0.270. The zero-order valence-electron chi connectivity index (χ0n) is 8.74. The van der Waals surface area contributed by atoms with Crippen LogP contribution in [0.15, 0.2) is 36.5 Å². The van der Waals surface area contributed by atoms with E-state index in [0.29, 0.717) is 0 Å². The number of aromatic amines is 1. The van der Waals surface area contributed by atoms with Gasteiger partial charge in [0, 0.05) is 11.8 Å². The van der Waals surface area contributed by atoms with Gasteiger partial charge in [0.05, 0.1) is 0 Å². The molecule has 2 aromatic rings. The van der Waals surface area contributed by atoms with E-state index >= 15 is 0 Å². The molecule has 0 atom stereocenters. The first-order valence-electron chi connectivity index (χ1n) is 4.92. The Kier molecular flexibility index (Phi) is 3.18. The van der Waals surface area contributed by atoms with E-state index in [1.807, 2.05) is 0 Å². The Morgan fingerprint density at radius 2 is 2.06 bits per heavy atom. The predicted octanol–water partition coefficient (Wildman–Crippen LogP) is 2.65. The number of hydrogen-bond donors (Lipinski definition) is 1. The van der Waals surface area contributed by atoms with Crippen molar-refractivity contribution in [2.75, 3.05) is 0 Å². The van der Waals surface area contributed by atoms with Crippen molar-refractivity contribution in [3.05, 3.63) is 59.4 Å². The first-order chi connectivity index (χ1) is 8.18. The number of benzene rings is 1. The van der Waals surface area contributed by atoms with Crippen LogP contribution in [-0.2, 0) is 11.3 Å². The minimum Gasteiger partial charge on any atom is -0.456 e. The third-order valence-electron chi connectivity index (χ3n) is 2.21. The molecule has 0 aliphatic heterocycles. The number of H-pyrrole nitrogens is 1. The van der Waals surface area contributed by atoms with Gasteiger partial charge in [0.15, 0.2) is 11.6 Å². The minimum absolute atomic E-state index is 0.00454. The molecule has 5 heteroatoms. The topological polar surface area (TPSA) is 42.1 Å². The summed E-state index contributed by atoms with van der Waals surface area (Å²) >= 11 is 0. The second-order valence-corrected chi connectivity index (χ2v) is 3.37. The summed E-state index contributed by atoms with van der Waals surface area (Å²) in [6.45, 7) is -0.304. The van der Waals surface area contributed by atoms with E-state index in [9.17, 15) is 13.6 Å². The lowest BCUT2D eigenvalue weighted by atomic mass is 10.2. The average Bonchev–Trinajstić information content (AvgIpc) is 2.84. The zero-order chi connectivity index (χ0) is 12.3. The fourth-order valence-electron chi connectivity index (χ4n) is 1.34. The minimum atomic E-state index is -0.994. The molecule has 1 aromatic carbocycles. The van der Waals surface area contributed by atoms with E-state index in [2.05, 4.69) is 4.98 Å². The molecule has 0 bridgehead atoms. The molecule has 0 saturated carbocycles. The SMILES string of the molecule is O=C(OCc1cccc(F)c1F)c1ccc[nH]1. The van der Waals surface area contributed by atoms with E-state index in [1.54, 1.807) is 12.3 Å². The van der Waals surface area contributed by atoms with Crippen LogP contribution in [0.2, 0.25) is 0 Å². The van der Waals surface area contributed by atoms with E-state index in [0.717, 1.165) is 6.07 Å². The first-order valence-corrected chi connectivity index (χ1v) is 4.92. The Labute approximate surface area is 96.0 Å². The Bertz CT molecular complexity index is 523. The Morgan fingerprint density at radius 3 is 2.76 bits per heavy atom. The fourth-order valence-corrected chi connectivity index (χ4v) is 1.34. The molecule has 0 fully saturated rings. The third kappa shape index (κ3) is 2.50. The van der Waals surface area contributed by atoms with Gasteiger partial charge < -0.3 is 9.72 Å². The van der Waals surface area contributed by atoms with Gasteiger partial charge in [0.2, 0.25) is 0 Å². The molecular formula is C12H9F2NO2. The summed E-state index contributed by atoms with van der Waals surface area (Å²) in [5.74, 6) is -2.57. The summed E-state index contributed by atoms with van der Waals surface area (Å²) < 4.78 is 30.9. The number of carbonyl (C=O) groups is 1. The van der Waals surface area contributed by atoms with Gasteiger partial charge in [-0.05, 0) is 18.2 Å². The van der Waals surface area contributed by atoms with Gasteiger partial charge in [0.25, 0.3) is 0 Å². The number of carbonyl (C=O) groups excluding carboxylic acids is 1. The molecule has 1 N–H and O–H groups in total. The van der Waals surface area contributed by atoms with Crippen molar-refractivity contribution in [1.29, 1.82) is 0 Å². The van der Waals surface area contributed by atoms with Crippen molar-refractivity contribution >= 4 is 5.97 Å². The summed E-state index contributed by atoms with van der Waals surface area (Å²) in [6, 6.07) is 6.89. The standard InChI is InChI=1S/C12H9F2NO2/c13-9-4-1-3-8(11(9)14)7-17-12(16)10-5-2-6-15-10/h1-6,15H,7H2. The number of aromatic nitrogens is 1. The molecule has 0 radical (unpaired) electrons. The van der Waals surface area contributed by atoms with E-state index in [1.165, 1.54) is 18.2 Å². The van der Waals surface area contributed by atoms with Gasteiger partial charge in [-0.15, -0.1) is 0 Å². The number of hydrogen-bond acceptors (Lipinski definition) is 2. The molecule has 0 aliphatic carbocycles. The number of halogens is 2. The lowest BCUT2D eigenvalue weighted by Gasteiger charge is -2.05. The summed E-state index contributed by atoms with van der Waals surface area (Å²) in [4.78, 5) is 14.1. The molecule has 0 unspecified atom stereocenters. The molecule has 3 nitrogen and oxygen atoms in total. The number of rotatable bonds is 3. The average molecular weight is 237 g/mol. The van der Waals surface area contributed by atoms with Crippen molar-refractivity contribution < 1.29 is 18.3 Å². The highest BCUT2D eigenvalue weighted by molar-refractivity contribution is 5.87. The third-order valence-corrected chi connectivity index (χ3v) is 2.21. The van der Waals surface area contributed by atoms with Crippen LogP contribution < -0.4 is 0 Å². The second-order valence-electron chi connectivity index (χ2n) is 3.37. The van der Waals surface area contributed by atoms with Gasteiger partial charge in [-0.1, -0.05) is 12.1 Å². The zero-order valence-corrected chi connectivity index (χ0v) is 8.74. The normalized spacial score (nSPS) is 10.2. The van der Waals surface area contributed by atoms with Crippen LogP contribution >= 0.6 is 0 Å². The lowest BCUT2D eigenvalue weighted by molar-refractivity contribution is 0.0462. The molecule has 1 heterocycles. The molecule has 0 spiro atoms. The maximum Gasteiger partial charge on any atom is 0.355 e. The van der Waals surface area contributed by atoms with Crippen LogP contribution in [0, 0.1) is 11.6 Å². The smallest absolute Gasteiger partial charge is 0.355 e. The predicted molar refractivity (Wildman–Crippen MR) is 56.3 cm³/mol. The largest absolute Gasteiger partial charge is 0.456 e. The van der Waals surface area contributed by atoms with Gasteiger partial charge in [-0.25, -0.2) is 13.6 Å². The Morgan fingerprint density at radius 1 is 1.24 bits per heavy atom. The number of nitrogens with one attached hydrogen (secondary N) is 1. The van der Waals surface area contributed by atoms with Gasteiger partial charge in [0.1, 0.15) is 12.3 Å². The summed E-state index contributed by atoms with van der Waals surface area (Å²) in [5, 5.41) is 0. The van der Waals surface area contributed by atoms with Crippen molar-refractivity contribution in [2.24, 2.45) is 0 Å². The molecule has 0 saturated heterocycles. The molecule has 2 rings (SSSR count). The molecule has 0 amide bonds. The van der Waals surface area contributed by atoms with Crippen LogP contribution in [0.1, 0.15) is 16.1 Å². The van der Waals surface area contributed by atoms with Crippen molar-refractivity contribution in [1.82, 2.24) is 4.98 Å². The number of ether oxygens (including phenoxy) is 1. The molecule has 0 aliphatic rings.